The first-order chi connectivity index (χ1) is 36.6. The van der Waals surface area contributed by atoms with Crippen molar-refractivity contribution in [1.29, 1.82) is 0 Å². The highest BCUT2D eigenvalue weighted by Crippen LogP contribution is 2.35. The summed E-state index contributed by atoms with van der Waals surface area (Å²) in [6, 6.07) is 38.5. The molecular weight excluding hydrogens is 974 g/mol. The molecule has 0 bridgehead atoms. The number of phenols is 1. The largest absolute Gasteiger partial charge is 0.508 e. The monoisotopic (exact) mass is 1040 g/mol. The lowest BCUT2D eigenvalue weighted by atomic mass is 9.92. The van der Waals surface area contributed by atoms with Gasteiger partial charge in [-0.05, 0) is 167 Å². The van der Waals surface area contributed by atoms with Gasteiger partial charge in [0.15, 0.2) is 0 Å². The highest BCUT2D eigenvalue weighted by Gasteiger charge is 2.22. The average molecular weight is 1040 g/mol. The summed E-state index contributed by atoms with van der Waals surface area (Å²) in [7, 11) is 0. The molecule has 15 heteroatoms. The Bertz CT molecular complexity index is 3300. The van der Waals surface area contributed by atoms with E-state index in [4.69, 9.17) is 28.4 Å². The van der Waals surface area contributed by atoms with E-state index in [9.17, 15) is 19.1 Å². The summed E-state index contributed by atoms with van der Waals surface area (Å²) in [5.74, 6) is 6.43. The van der Waals surface area contributed by atoms with Crippen molar-refractivity contribution >= 4 is 34.3 Å². The molecule has 0 unspecified atom stereocenters. The Balaban J connectivity index is 0.000000184. The Morgan fingerprint density at radius 1 is 0.587 bits per heavy atom. The molecule has 75 heavy (non-hydrogen) atoms. The number of rotatable bonds is 18. The van der Waals surface area contributed by atoms with E-state index in [1.54, 1.807) is 43.3 Å². The minimum absolute atomic E-state index is 0.00285. The molecule has 8 aromatic rings. The van der Waals surface area contributed by atoms with Gasteiger partial charge in [0, 0.05) is 41.6 Å². The molecule has 2 saturated heterocycles. The minimum Gasteiger partial charge on any atom is -0.508 e. The number of likely N-dealkylation sites (tertiary alicyclic amines) is 2. The van der Waals surface area contributed by atoms with E-state index >= 15 is 0 Å². The quantitative estimate of drug-likeness (QED) is 0.0275. The normalized spacial score (nSPS) is 14.1. The van der Waals surface area contributed by atoms with Gasteiger partial charge in [-0.2, -0.15) is 5.90 Å². The fourth-order valence-electron chi connectivity index (χ4n) is 9.86. The number of ether oxygens (including phenoxy) is 2. The van der Waals surface area contributed by atoms with E-state index in [0.29, 0.717) is 66.2 Å². The first-order valence-electron chi connectivity index (χ1n) is 25.6. The maximum atomic E-state index is 15.0. The van der Waals surface area contributed by atoms with E-state index in [1.807, 2.05) is 85.8 Å². The number of nitrogens with zero attached hydrogens (tertiary/aromatic N) is 2. The fourth-order valence-corrected chi connectivity index (χ4v) is 10.1. The Morgan fingerprint density at radius 3 is 1.65 bits per heavy atom. The number of benzene rings is 6. The van der Waals surface area contributed by atoms with Crippen LogP contribution in [0.3, 0.4) is 0 Å². The number of nitrogens with two attached hydrogens (primary N) is 1. The van der Waals surface area contributed by atoms with Crippen molar-refractivity contribution in [3.05, 3.63) is 187 Å². The molecule has 0 radical (unpaired) electrons. The zero-order chi connectivity index (χ0) is 52.1. The van der Waals surface area contributed by atoms with Crippen molar-refractivity contribution in [3.8, 4) is 45.3 Å². The minimum atomic E-state index is -0.636. The van der Waals surface area contributed by atoms with Gasteiger partial charge in [0.25, 0.3) is 12.3 Å². The van der Waals surface area contributed by atoms with Crippen molar-refractivity contribution in [2.24, 2.45) is 5.90 Å². The molecule has 0 saturated carbocycles. The topological polar surface area (TPSA) is 159 Å². The summed E-state index contributed by atoms with van der Waals surface area (Å²) in [6.45, 7) is 11.6. The lowest BCUT2D eigenvalue weighted by Gasteiger charge is -2.26. The van der Waals surface area contributed by atoms with Crippen molar-refractivity contribution in [1.82, 2.24) is 9.80 Å². The number of piperidine rings is 2. The van der Waals surface area contributed by atoms with Gasteiger partial charge in [-0.1, -0.05) is 79.1 Å². The van der Waals surface area contributed by atoms with Crippen LogP contribution in [-0.4, -0.2) is 67.4 Å². The highest BCUT2D eigenvalue weighted by molar-refractivity contribution is 7.90. The third kappa shape index (κ3) is 13.9. The molecule has 2 aromatic heterocycles. The van der Waals surface area contributed by atoms with Crippen molar-refractivity contribution in [3.63, 3.8) is 0 Å². The van der Waals surface area contributed by atoms with Crippen LogP contribution in [0, 0.1) is 19.7 Å². The van der Waals surface area contributed by atoms with Gasteiger partial charge in [0.1, 0.15) is 53.2 Å². The van der Waals surface area contributed by atoms with Crippen LogP contribution in [0.4, 0.5) is 4.39 Å². The van der Waals surface area contributed by atoms with Crippen LogP contribution in [-0.2, 0) is 22.2 Å². The summed E-state index contributed by atoms with van der Waals surface area (Å²) < 4.78 is 48.0. The Labute approximate surface area is 439 Å². The van der Waals surface area contributed by atoms with Gasteiger partial charge in [-0.25, -0.2) is 14.0 Å². The second-order valence-electron chi connectivity index (χ2n) is 19.1. The Kier molecular flexibility index (Phi) is 18.0. The molecular formula is C60H62FN3O10S. The summed E-state index contributed by atoms with van der Waals surface area (Å²) >= 11 is 0.561. The van der Waals surface area contributed by atoms with Crippen LogP contribution in [0.1, 0.15) is 71.9 Å². The maximum absolute atomic E-state index is 15.0. The third-order valence-corrected chi connectivity index (χ3v) is 14.2. The molecule has 4 heterocycles. The van der Waals surface area contributed by atoms with Gasteiger partial charge in [0.2, 0.25) is 0 Å². The summed E-state index contributed by atoms with van der Waals surface area (Å²) in [6.07, 6.45) is 8.65. The predicted molar refractivity (Wildman–Crippen MR) is 292 cm³/mol. The number of aromatic hydroxyl groups is 1. The molecule has 0 spiro atoms. The van der Waals surface area contributed by atoms with Crippen molar-refractivity contribution in [2.75, 3.05) is 52.5 Å². The van der Waals surface area contributed by atoms with Gasteiger partial charge < -0.3 is 27.6 Å². The van der Waals surface area contributed by atoms with Crippen LogP contribution in [0.5, 0.6) is 23.0 Å². The van der Waals surface area contributed by atoms with E-state index in [0.717, 1.165) is 89.5 Å². The molecule has 10 rings (SSSR count). The van der Waals surface area contributed by atoms with Crippen LogP contribution in [0.25, 0.3) is 44.2 Å². The van der Waals surface area contributed by atoms with Crippen LogP contribution in [0.2, 0.25) is 0 Å². The number of aryl methyl sites for hydroxylation is 2. The van der Waals surface area contributed by atoms with Crippen LogP contribution in [0.15, 0.2) is 146 Å². The fraction of sp³-hybridized carbons (Fsp3) is 0.300. The second kappa shape index (κ2) is 25.5. The summed E-state index contributed by atoms with van der Waals surface area (Å²) in [5, 5.41) is 11.4. The maximum Gasteiger partial charge on any atom is 0.344 e. The number of fused-ring (bicyclic) bond motifs is 2. The molecule has 0 atom stereocenters. The van der Waals surface area contributed by atoms with Gasteiger partial charge in [0.05, 0.1) is 11.1 Å². The average Bonchev–Trinajstić information content (AvgIpc) is 3.41. The number of hydrogen-bond acceptors (Lipinski definition) is 14. The van der Waals surface area contributed by atoms with E-state index < -0.39 is 17.1 Å². The van der Waals surface area contributed by atoms with Gasteiger partial charge >= 0.3 is 11.3 Å². The molecule has 2 aliphatic rings. The first kappa shape index (κ1) is 52.9. The van der Waals surface area contributed by atoms with Crippen LogP contribution >= 0.6 is 12.3 Å². The second-order valence-corrected chi connectivity index (χ2v) is 19.6. The van der Waals surface area contributed by atoms with E-state index in [2.05, 4.69) is 19.1 Å². The number of hydrogen-bond donors (Lipinski definition) is 2. The first-order valence-corrected chi connectivity index (χ1v) is 26.2. The molecule has 0 aliphatic carbocycles. The molecule has 0 amide bonds. The standard InChI is InChI=1S/C30H30FNO4.C30H32N2O6S/c1-20-5-11-25(27(31)17-20)29-26(24-12-8-22(33)19-28(24)36-30(29)34)18-21-6-9-23(10-7-21)35-16-15-32-13-3-2-4-14-32;1-21-5-9-23(10-6-21)29-27(26-14-13-25(36-39-38-37-31)20-28(26)35-30(29)33)19-22-7-11-24(12-8-22)34-18-17-32-15-3-2-4-16-32/h5-12,17,19,33H,2-4,13-16,18H2,1H3;5-14,20H,2-4,15-19,31H2,1H3. The van der Waals surface area contributed by atoms with Crippen LogP contribution < -0.4 is 30.8 Å². The Hall–Kier alpha value is -6.98. The lowest BCUT2D eigenvalue weighted by molar-refractivity contribution is -0.199. The van der Waals surface area contributed by atoms with Crippen molar-refractivity contribution < 1.29 is 41.3 Å². The van der Waals surface area contributed by atoms with E-state index in [1.165, 1.54) is 50.7 Å². The van der Waals surface area contributed by atoms with Gasteiger partial charge in [-0.15, -0.1) is 9.32 Å². The van der Waals surface area contributed by atoms with Crippen molar-refractivity contribution in [2.45, 2.75) is 65.2 Å². The third-order valence-electron chi connectivity index (χ3n) is 13.8. The summed E-state index contributed by atoms with van der Waals surface area (Å²) in [5.41, 5.74) is 6.83. The molecule has 13 nitrogen and oxygen atoms in total. The zero-order valence-corrected chi connectivity index (χ0v) is 43.1. The number of phenolic OH excluding ortho intramolecular Hbond substituents is 1. The smallest absolute Gasteiger partial charge is 0.344 e. The van der Waals surface area contributed by atoms with Gasteiger partial charge in [-0.3, -0.25) is 9.80 Å². The van der Waals surface area contributed by atoms with E-state index in [-0.39, 0.29) is 22.5 Å². The highest BCUT2D eigenvalue weighted by atomic mass is 32.2. The molecule has 2 aliphatic heterocycles. The Morgan fingerprint density at radius 2 is 1.09 bits per heavy atom. The molecule has 3 N–H and O–H groups in total. The summed E-state index contributed by atoms with van der Waals surface area (Å²) in [4.78, 5) is 35.3. The molecule has 6 aromatic carbocycles. The zero-order valence-electron chi connectivity index (χ0n) is 42.3. The molecule has 390 valence electrons. The number of halogens is 1. The molecule has 2 fully saturated rings. The lowest BCUT2D eigenvalue weighted by Crippen LogP contribution is -2.33. The predicted octanol–water partition coefficient (Wildman–Crippen LogP) is 12.1. The SMILES string of the molecule is Cc1ccc(-c2c(Cc3ccc(OCCN4CCCCC4)cc3)c3ccc(O)cc3oc2=O)c(F)c1.Cc1ccc(-c2c(Cc3ccc(OCCN4CCCCC4)cc3)c3ccc(OSOON)cc3oc2=O)cc1.